The minimum Gasteiger partial charge on any atom is -0.377 e. The van der Waals surface area contributed by atoms with E-state index in [1.165, 1.54) is 25.7 Å². The quantitative estimate of drug-likeness (QED) is 0.732. The molecular weight excluding hydrogens is 186 g/mol. The molecule has 0 aromatic heterocycles. The molecule has 1 heterocycles. The van der Waals surface area contributed by atoms with Gasteiger partial charge in [-0.3, -0.25) is 0 Å². The molecule has 0 aromatic carbocycles. The van der Waals surface area contributed by atoms with Gasteiger partial charge in [-0.15, -0.1) is 0 Å². The Morgan fingerprint density at radius 1 is 1.20 bits per heavy atom. The maximum absolute atomic E-state index is 5.68. The third-order valence-corrected chi connectivity index (χ3v) is 3.25. The maximum atomic E-state index is 5.68. The lowest BCUT2D eigenvalue weighted by Crippen LogP contribution is -2.42. The smallest absolute Gasteiger partial charge is 0.0726 e. The SMILES string of the molecule is CC(C)CCC(C)NC(C)C1CCCO1. The molecule has 0 amide bonds. The Balaban J connectivity index is 2.15. The van der Waals surface area contributed by atoms with Crippen molar-refractivity contribution in [2.24, 2.45) is 5.92 Å². The Labute approximate surface area is 94.8 Å². The van der Waals surface area contributed by atoms with Crippen LogP contribution in [0.4, 0.5) is 0 Å². The highest BCUT2D eigenvalue weighted by Crippen LogP contribution is 2.16. The molecule has 0 saturated carbocycles. The molecule has 15 heavy (non-hydrogen) atoms. The first kappa shape index (κ1) is 13.0. The Morgan fingerprint density at radius 2 is 1.93 bits per heavy atom. The topological polar surface area (TPSA) is 21.3 Å². The van der Waals surface area contributed by atoms with Gasteiger partial charge in [0.25, 0.3) is 0 Å². The molecule has 1 saturated heterocycles. The van der Waals surface area contributed by atoms with E-state index in [-0.39, 0.29) is 0 Å². The van der Waals surface area contributed by atoms with Crippen molar-refractivity contribution < 1.29 is 4.74 Å². The normalized spacial score (nSPS) is 25.8. The van der Waals surface area contributed by atoms with Crippen molar-refractivity contribution in [2.45, 2.75) is 71.6 Å². The Hall–Kier alpha value is -0.0800. The third-order valence-electron chi connectivity index (χ3n) is 3.25. The maximum Gasteiger partial charge on any atom is 0.0726 e. The van der Waals surface area contributed by atoms with Crippen molar-refractivity contribution in [3.63, 3.8) is 0 Å². The first-order valence-electron chi connectivity index (χ1n) is 6.47. The van der Waals surface area contributed by atoms with Crippen LogP contribution in [-0.2, 0) is 4.74 Å². The Morgan fingerprint density at radius 3 is 2.47 bits per heavy atom. The fourth-order valence-electron chi connectivity index (χ4n) is 2.22. The van der Waals surface area contributed by atoms with Gasteiger partial charge in [-0.05, 0) is 45.4 Å². The van der Waals surface area contributed by atoms with E-state index in [0.29, 0.717) is 18.2 Å². The first-order valence-corrected chi connectivity index (χ1v) is 6.47. The molecule has 1 fully saturated rings. The lowest BCUT2D eigenvalue weighted by Gasteiger charge is -2.24. The van der Waals surface area contributed by atoms with Crippen LogP contribution in [0.15, 0.2) is 0 Å². The zero-order valence-corrected chi connectivity index (χ0v) is 10.8. The highest BCUT2D eigenvalue weighted by molar-refractivity contribution is 4.79. The minimum atomic E-state index is 0.450. The molecule has 3 unspecified atom stereocenters. The van der Waals surface area contributed by atoms with Gasteiger partial charge < -0.3 is 10.1 Å². The number of hydrogen-bond acceptors (Lipinski definition) is 2. The second kappa shape index (κ2) is 6.49. The van der Waals surface area contributed by atoms with Crippen LogP contribution in [0.3, 0.4) is 0 Å². The summed E-state index contributed by atoms with van der Waals surface area (Å²) in [4.78, 5) is 0. The molecule has 2 heteroatoms. The van der Waals surface area contributed by atoms with E-state index in [9.17, 15) is 0 Å². The van der Waals surface area contributed by atoms with Gasteiger partial charge in [-0.2, -0.15) is 0 Å². The molecule has 0 bridgehead atoms. The van der Waals surface area contributed by atoms with Crippen molar-refractivity contribution in [1.29, 1.82) is 0 Å². The number of ether oxygens (including phenoxy) is 1. The Kier molecular flexibility index (Phi) is 5.62. The summed E-state index contributed by atoms with van der Waals surface area (Å²) in [6.45, 7) is 10.1. The largest absolute Gasteiger partial charge is 0.377 e. The summed E-state index contributed by atoms with van der Waals surface area (Å²) in [5.74, 6) is 0.812. The summed E-state index contributed by atoms with van der Waals surface area (Å²) in [5.41, 5.74) is 0. The van der Waals surface area contributed by atoms with Crippen molar-refractivity contribution in [3.05, 3.63) is 0 Å². The van der Waals surface area contributed by atoms with E-state index >= 15 is 0 Å². The van der Waals surface area contributed by atoms with Gasteiger partial charge in [0.1, 0.15) is 0 Å². The molecule has 1 rings (SSSR count). The summed E-state index contributed by atoms with van der Waals surface area (Å²) in [6, 6.07) is 1.13. The molecule has 1 N–H and O–H groups in total. The van der Waals surface area contributed by atoms with Gasteiger partial charge in [-0.25, -0.2) is 0 Å². The van der Waals surface area contributed by atoms with E-state index in [2.05, 4.69) is 33.0 Å². The van der Waals surface area contributed by atoms with Gasteiger partial charge in [0, 0.05) is 18.7 Å². The second-order valence-electron chi connectivity index (χ2n) is 5.38. The van der Waals surface area contributed by atoms with Crippen LogP contribution < -0.4 is 5.32 Å². The fourth-order valence-corrected chi connectivity index (χ4v) is 2.22. The van der Waals surface area contributed by atoms with Crippen molar-refractivity contribution in [3.8, 4) is 0 Å². The molecule has 0 radical (unpaired) electrons. The summed E-state index contributed by atoms with van der Waals surface area (Å²) < 4.78 is 5.68. The number of rotatable bonds is 6. The van der Waals surface area contributed by atoms with Crippen molar-refractivity contribution in [1.82, 2.24) is 5.32 Å². The highest BCUT2D eigenvalue weighted by Gasteiger charge is 2.23. The molecule has 0 aliphatic carbocycles. The average molecular weight is 213 g/mol. The number of hydrogen-bond donors (Lipinski definition) is 1. The van der Waals surface area contributed by atoms with E-state index in [4.69, 9.17) is 4.74 Å². The van der Waals surface area contributed by atoms with Crippen LogP contribution in [0.25, 0.3) is 0 Å². The minimum absolute atomic E-state index is 0.450. The molecule has 1 aliphatic heterocycles. The summed E-state index contributed by atoms with van der Waals surface area (Å²) in [7, 11) is 0. The van der Waals surface area contributed by atoms with Crippen LogP contribution >= 0.6 is 0 Å². The van der Waals surface area contributed by atoms with Gasteiger partial charge in [0.05, 0.1) is 6.10 Å². The highest BCUT2D eigenvalue weighted by atomic mass is 16.5. The van der Waals surface area contributed by atoms with Crippen LogP contribution in [0.1, 0.15) is 53.4 Å². The molecule has 0 aromatic rings. The van der Waals surface area contributed by atoms with Crippen LogP contribution in [-0.4, -0.2) is 24.8 Å². The van der Waals surface area contributed by atoms with Gasteiger partial charge in [0.2, 0.25) is 0 Å². The van der Waals surface area contributed by atoms with Gasteiger partial charge in [0.15, 0.2) is 0 Å². The predicted octanol–water partition coefficient (Wildman–Crippen LogP) is 2.97. The van der Waals surface area contributed by atoms with Crippen molar-refractivity contribution in [2.75, 3.05) is 6.61 Å². The van der Waals surface area contributed by atoms with E-state index in [0.717, 1.165) is 12.5 Å². The molecule has 0 spiro atoms. The average Bonchev–Trinajstić information content (AvgIpc) is 2.67. The van der Waals surface area contributed by atoms with Crippen LogP contribution in [0.2, 0.25) is 0 Å². The fraction of sp³-hybridized carbons (Fsp3) is 1.00. The third kappa shape index (κ3) is 4.98. The molecule has 2 nitrogen and oxygen atoms in total. The molecule has 3 atom stereocenters. The number of nitrogens with one attached hydrogen (secondary N) is 1. The zero-order valence-electron chi connectivity index (χ0n) is 10.8. The van der Waals surface area contributed by atoms with E-state index in [1.807, 2.05) is 0 Å². The lowest BCUT2D eigenvalue weighted by molar-refractivity contribution is 0.0798. The summed E-state index contributed by atoms with van der Waals surface area (Å²) in [5, 5.41) is 3.65. The standard InChI is InChI=1S/C13H27NO/c1-10(2)7-8-11(3)14-12(4)13-6-5-9-15-13/h10-14H,5-9H2,1-4H3. The van der Waals surface area contributed by atoms with E-state index < -0.39 is 0 Å². The second-order valence-corrected chi connectivity index (χ2v) is 5.38. The lowest BCUT2D eigenvalue weighted by atomic mass is 10.0. The predicted molar refractivity (Wildman–Crippen MR) is 65.1 cm³/mol. The monoisotopic (exact) mass is 213 g/mol. The Bertz CT molecular complexity index is 164. The van der Waals surface area contributed by atoms with Crippen LogP contribution in [0, 0.1) is 5.92 Å². The van der Waals surface area contributed by atoms with Gasteiger partial charge in [-0.1, -0.05) is 13.8 Å². The van der Waals surface area contributed by atoms with Crippen molar-refractivity contribution >= 4 is 0 Å². The van der Waals surface area contributed by atoms with Gasteiger partial charge >= 0.3 is 0 Å². The summed E-state index contributed by atoms with van der Waals surface area (Å²) >= 11 is 0. The van der Waals surface area contributed by atoms with E-state index in [1.54, 1.807) is 0 Å². The first-order chi connectivity index (χ1) is 7.09. The van der Waals surface area contributed by atoms with Crippen LogP contribution in [0.5, 0.6) is 0 Å². The zero-order chi connectivity index (χ0) is 11.3. The molecule has 90 valence electrons. The molecule has 1 aliphatic rings. The summed E-state index contributed by atoms with van der Waals surface area (Å²) in [6.07, 6.45) is 5.50. The molecular formula is C13H27NO.